The molecule has 2 aliphatic rings. The Morgan fingerprint density at radius 1 is 1.24 bits per heavy atom. The summed E-state index contributed by atoms with van der Waals surface area (Å²) in [6.07, 6.45) is 6.67. The molecular formula is C22H26N6O. The highest BCUT2D eigenvalue weighted by Gasteiger charge is 2.35. The highest BCUT2D eigenvalue weighted by molar-refractivity contribution is 5.94. The Bertz CT molecular complexity index is 1070. The van der Waals surface area contributed by atoms with Crippen molar-refractivity contribution in [2.45, 2.75) is 32.2 Å². The molecule has 7 nitrogen and oxygen atoms in total. The summed E-state index contributed by atoms with van der Waals surface area (Å²) < 4.78 is 4.00. The van der Waals surface area contributed by atoms with Crippen LogP contribution >= 0.6 is 0 Å². The first kappa shape index (κ1) is 18.1. The van der Waals surface area contributed by atoms with Crippen LogP contribution in [0.3, 0.4) is 0 Å². The van der Waals surface area contributed by atoms with Crippen LogP contribution in [0.1, 0.15) is 45.6 Å². The number of hydrogen-bond donors (Lipinski definition) is 1. The van der Waals surface area contributed by atoms with Crippen LogP contribution in [-0.4, -0.2) is 49.8 Å². The largest absolute Gasteiger partial charge is 0.336 e. The van der Waals surface area contributed by atoms with Gasteiger partial charge in [0, 0.05) is 50.3 Å². The number of carbonyl (C=O) groups excluding carboxylic acids is 1. The van der Waals surface area contributed by atoms with Gasteiger partial charge in [-0.25, -0.2) is 9.67 Å². The number of para-hydroxylation sites is 1. The number of imidazole rings is 1. The number of fused-ring (bicyclic) bond motifs is 1. The van der Waals surface area contributed by atoms with Gasteiger partial charge in [-0.2, -0.15) is 5.10 Å². The van der Waals surface area contributed by atoms with Crippen molar-refractivity contribution in [2.24, 2.45) is 7.05 Å². The van der Waals surface area contributed by atoms with Gasteiger partial charge in [0.1, 0.15) is 11.9 Å². The third-order valence-corrected chi connectivity index (χ3v) is 6.14. The lowest BCUT2D eigenvalue weighted by molar-refractivity contribution is 0.0613. The normalized spacial score (nSPS) is 18.8. The van der Waals surface area contributed by atoms with E-state index >= 15 is 0 Å². The highest BCUT2D eigenvalue weighted by Crippen LogP contribution is 2.31. The topological polar surface area (TPSA) is 68.0 Å². The summed E-state index contributed by atoms with van der Waals surface area (Å²) in [5, 5.41) is 8.26. The molecule has 0 radical (unpaired) electrons. The Kier molecular flexibility index (Phi) is 4.47. The second-order valence-corrected chi connectivity index (χ2v) is 7.94. The molecule has 1 N–H and O–H groups in total. The van der Waals surface area contributed by atoms with Gasteiger partial charge in [0.25, 0.3) is 5.91 Å². The number of carbonyl (C=O) groups is 1. The molecule has 1 amide bonds. The molecule has 1 aliphatic carbocycles. The minimum absolute atomic E-state index is 0.0185. The standard InChI is InChI=1S/C22H26N6O/c1-15-6-3-4-8-17(15)28-18-9-5-7-16(18)20(25-28)22(29)27-13-10-23-14-19(27)21-24-11-12-26(21)2/h3-4,6,8,11-12,19,23H,5,7,9-10,13-14H2,1-2H3. The zero-order valence-electron chi connectivity index (χ0n) is 16.9. The Balaban J connectivity index is 1.56. The maximum Gasteiger partial charge on any atom is 0.275 e. The summed E-state index contributed by atoms with van der Waals surface area (Å²) in [6, 6.07) is 8.15. The highest BCUT2D eigenvalue weighted by atomic mass is 16.2. The van der Waals surface area contributed by atoms with Crippen molar-refractivity contribution in [2.75, 3.05) is 19.6 Å². The molecule has 7 heteroatoms. The fourth-order valence-corrected chi connectivity index (χ4v) is 4.62. The second kappa shape index (κ2) is 7.15. The molecule has 3 heterocycles. The van der Waals surface area contributed by atoms with E-state index in [1.54, 1.807) is 6.20 Å². The molecule has 5 rings (SSSR count). The van der Waals surface area contributed by atoms with Gasteiger partial charge in [-0.15, -0.1) is 0 Å². The Hall–Kier alpha value is -2.93. The van der Waals surface area contributed by atoms with Crippen LogP contribution in [0.15, 0.2) is 36.7 Å². The van der Waals surface area contributed by atoms with E-state index in [2.05, 4.69) is 29.4 Å². The first-order valence-electron chi connectivity index (χ1n) is 10.3. The van der Waals surface area contributed by atoms with E-state index in [9.17, 15) is 4.79 Å². The molecule has 1 aromatic carbocycles. The van der Waals surface area contributed by atoms with E-state index in [4.69, 9.17) is 5.10 Å². The van der Waals surface area contributed by atoms with Crippen molar-refractivity contribution in [3.05, 3.63) is 65.0 Å². The average Bonchev–Trinajstić information content (AvgIpc) is 3.45. The fraction of sp³-hybridized carbons (Fsp3) is 0.409. The SMILES string of the molecule is Cc1ccccc1-n1nc(C(=O)N2CCNCC2c2nccn2C)c2c1CCC2. The van der Waals surface area contributed by atoms with Crippen LogP contribution in [0.5, 0.6) is 0 Å². The van der Waals surface area contributed by atoms with E-state index < -0.39 is 0 Å². The van der Waals surface area contributed by atoms with E-state index in [1.165, 1.54) is 5.69 Å². The predicted octanol–water partition coefficient (Wildman–Crippen LogP) is 2.19. The number of nitrogens with one attached hydrogen (secondary N) is 1. The van der Waals surface area contributed by atoms with E-state index in [1.807, 2.05) is 39.5 Å². The number of nitrogens with zero attached hydrogens (tertiary/aromatic N) is 5. The first-order chi connectivity index (χ1) is 14.1. The van der Waals surface area contributed by atoms with E-state index in [0.29, 0.717) is 18.8 Å². The third kappa shape index (κ3) is 2.97. The van der Waals surface area contributed by atoms with Crippen LogP contribution in [0.2, 0.25) is 0 Å². The Morgan fingerprint density at radius 2 is 2.10 bits per heavy atom. The lowest BCUT2D eigenvalue weighted by Crippen LogP contribution is -2.49. The summed E-state index contributed by atoms with van der Waals surface area (Å²) in [7, 11) is 1.98. The average molecular weight is 390 g/mol. The summed E-state index contributed by atoms with van der Waals surface area (Å²) in [5.41, 5.74) is 5.14. The number of benzene rings is 1. The number of aryl methyl sites for hydroxylation is 2. The Labute approximate surface area is 170 Å². The van der Waals surface area contributed by atoms with Gasteiger partial charge in [0.05, 0.1) is 5.69 Å². The molecule has 1 unspecified atom stereocenters. The summed E-state index contributed by atoms with van der Waals surface area (Å²) >= 11 is 0. The first-order valence-corrected chi connectivity index (χ1v) is 10.3. The van der Waals surface area contributed by atoms with Crippen molar-refractivity contribution in [3.8, 4) is 5.69 Å². The van der Waals surface area contributed by atoms with Gasteiger partial charge in [-0.05, 0) is 37.8 Å². The monoisotopic (exact) mass is 390 g/mol. The molecule has 1 atom stereocenters. The smallest absolute Gasteiger partial charge is 0.275 e. The van der Waals surface area contributed by atoms with Gasteiger partial charge in [-0.3, -0.25) is 4.79 Å². The molecule has 2 aromatic heterocycles. The summed E-state index contributed by atoms with van der Waals surface area (Å²) in [5.74, 6) is 0.922. The summed E-state index contributed by atoms with van der Waals surface area (Å²) in [6.45, 7) is 4.24. The molecule has 1 aliphatic heterocycles. The van der Waals surface area contributed by atoms with Crippen molar-refractivity contribution in [3.63, 3.8) is 0 Å². The predicted molar refractivity (Wildman–Crippen MR) is 110 cm³/mol. The lowest BCUT2D eigenvalue weighted by atomic mass is 10.1. The molecule has 1 saturated heterocycles. The van der Waals surface area contributed by atoms with E-state index in [0.717, 1.165) is 48.4 Å². The lowest BCUT2D eigenvalue weighted by Gasteiger charge is -2.35. The van der Waals surface area contributed by atoms with E-state index in [-0.39, 0.29) is 11.9 Å². The third-order valence-electron chi connectivity index (χ3n) is 6.14. The maximum atomic E-state index is 13.7. The zero-order chi connectivity index (χ0) is 20.0. The molecule has 1 fully saturated rings. The van der Waals surface area contributed by atoms with Gasteiger partial charge in [0.15, 0.2) is 5.69 Å². The number of aromatic nitrogens is 4. The Morgan fingerprint density at radius 3 is 2.90 bits per heavy atom. The summed E-state index contributed by atoms with van der Waals surface area (Å²) in [4.78, 5) is 20.1. The van der Waals surface area contributed by atoms with Crippen molar-refractivity contribution in [1.29, 1.82) is 0 Å². The van der Waals surface area contributed by atoms with Gasteiger partial charge in [-0.1, -0.05) is 18.2 Å². The number of amides is 1. The van der Waals surface area contributed by atoms with Crippen molar-refractivity contribution < 1.29 is 4.79 Å². The maximum absolute atomic E-state index is 13.7. The van der Waals surface area contributed by atoms with Crippen LogP contribution in [-0.2, 0) is 19.9 Å². The van der Waals surface area contributed by atoms with Crippen LogP contribution in [0.4, 0.5) is 0 Å². The van der Waals surface area contributed by atoms with Crippen LogP contribution < -0.4 is 5.32 Å². The van der Waals surface area contributed by atoms with Gasteiger partial charge >= 0.3 is 0 Å². The number of hydrogen-bond acceptors (Lipinski definition) is 4. The second-order valence-electron chi connectivity index (χ2n) is 7.94. The van der Waals surface area contributed by atoms with Gasteiger partial charge in [0.2, 0.25) is 0 Å². The zero-order valence-corrected chi connectivity index (χ0v) is 16.9. The van der Waals surface area contributed by atoms with Gasteiger partial charge < -0.3 is 14.8 Å². The minimum Gasteiger partial charge on any atom is -0.336 e. The van der Waals surface area contributed by atoms with Crippen molar-refractivity contribution >= 4 is 5.91 Å². The number of piperazine rings is 1. The van der Waals surface area contributed by atoms with Crippen LogP contribution in [0.25, 0.3) is 5.69 Å². The molecular weight excluding hydrogens is 364 g/mol. The minimum atomic E-state index is -0.0862. The molecule has 0 bridgehead atoms. The molecule has 0 saturated carbocycles. The molecule has 150 valence electrons. The molecule has 3 aromatic rings. The number of rotatable bonds is 3. The molecule has 0 spiro atoms. The quantitative estimate of drug-likeness (QED) is 0.744. The molecule has 29 heavy (non-hydrogen) atoms. The van der Waals surface area contributed by atoms with Crippen molar-refractivity contribution in [1.82, 2.24) is 29.5 Å². The van der Waals surface area contributed by atoms with Crippen LogP contribution in [0, 0.1) is 6.92 Å². The fourth-order valence-electron chi connectivity index (χ4n) is 4.62.